The summed E-state index contributed by atoms with van der Waals surface area (Å²) in [5.41, 5.74) is 0. The molecule has 0 aromatic rings. The van der Waals surface area contributed by atoms with Gasteiger partial charge >= 0.3 is 29.6 Å². The molecule has 0 aromatic carbocycles. The number of aliphatic hydroxyl groups is 2. The average molecular weight is 288 g/mol. The first-order chi connectivity index (χ1) is 6.83. The SMILES string of the molecule is O=S(=O)(CCO)OCOS(=O)(=O)CCO.[NaH]. The molecule has 0 fully saturated rings. The van der Waals surface area contributed by atoms with Gasteiger partial charge in [-0.25, -0.2) is 8.37 Å². The summed E-state index contributed by atoms with van der Waals surface area (Å²) in [7, 11) is -7.94. The van der Waals surface area contributed by atoms with Gasteiger partial charge in [0.1, 0.15) is 0 Å². The monoisotopic (exact) mass is 288 g/mol. The molecular formula is C5H13NaO8S2. The second-order valence-electron chi connectivity index (χ2n) is 2.32. The molecule has 0 aromatic heterocycles. The fourth-order valence-corrected chi connectivity index (χ4v) is 1.64. The Balaban J connectivity index is 0. The molecule has 0 atom stereocenters. The molecule has 8 nitrogen and oxygen atoms in total. The van der Waals surface area contributed by atoms with Crippen molar-refractivity contribution < 1.29 is 35.4 Å². The first kappa shape index (κ1) is 19.1. The molecule has 0 spiro atoms. The maximum atomic E-state index is 10.8. The van der Waals surface area contributed by atoms with E-state index in [9.17, 15) is 16.8 Å². The molecule has 0 bridgehead atoms. The van der Waals surface area contributed by atoms with Crippen molar-refractivity contribution >= 4 is 49.8 Å². The second-order valence-corrected chi connectivity index (χ2v) is 5.84. The van der Waals surface area contributed by atoms with Crippen molar-refractivity contribution in [2.75, 3.05) is 31.5 Å². The minimum absolute atomic E-state index is 0. The molecule has 2 N–H and O–H groups in total. The van der Waals surface area contributed by atoms with Crippen molar-refractivity contribution in [3.8, 4) is 0 Å². The van der Waals surface area contributed by atoms with Gasteiger partial charge in [0, 0.05) is 0 Å². The Morgan fingerprint density at radius 3 is 1.38 bits per heavy atom. The average Bonchev–Trinajstić information content (AvgIpc) is 2.02. The molecule has 0 saturated carbocycles. The predicted octanol–water partition coefficient (Wildman–Crippen LogP) is -3.03. The van der Waals surface area contributed by atoms with Gasteiger partial charge in [-0.15, -0.1) is 0 Å². The third-order valence-electron chi connectivity index (χ3n) is 1.14. The van der Waals surface area contributed by atoms with Crippen molar-refractivity contribution in [2.45, 2.75) is 0 Å². The number of rotatable bonds is 8. The Morgan fingerprint density at radius 1 is 0.812 bits per heavy atom. The molecule has 0 saturated heterocycles. The van der Waals surface area contributed by atoms with Crippen LogP contribution in [0.3, 0.4) is 0 Å². The van der Waals surface area contributed by atoms with E-state index in [4.69, 9.17) is 10.2 Å². The molecule has 0 amide bonds. The van der Waals surface area contributed by atoms with Crippen LogP contribution in [0.5, 0.6) is 0 Å². The van der Waals surface area contributed by atoms with Crippen molar-refractivity contribution in [2.24, 2.45) is 0 Å². The summed E-state index contributed by atoms with van der Waals surface area (Å²) in [5.74, 6) is -1.28. The summed E-state index contributed by atoms with van der Waals surface area (Å²) in [5, 5.41) is 16.6. The van der Waals surface area contributed by atoms with Crippen molar-refractivity contribution in [1.29, 1.82) is 0 Å². The second kappa shape index (κ2) is 8.78. The van der Waals surface area contributed by atoms with E-state index >= 15 is 0 Å². The number of hydrogen-bond acceptors (Lipinski definition) is 8. The summed E-state index contributed by atoms with van der Waals surface area (Å²) in [6.45, 7) is -2.26. The molecule has 0 unspecified atom stereocenters. The predicted molar refractivity (Wildman–Crippen MR) is 55.9 cm³/mol. The van der Waals surface area contributed by atoms with E-state index in [1.54, 1.807) is 0 Å². The fourth-order valence-electron chi connectivity index (χ4n) is 0.508. The van der Waals surface area contributed by atoms with Crippen LogP contribution in [-0.2, 0) is 28.6 Å². The van der Waals surface area contributed by atoms with E-state index < -0.39 is 51.7 Å². The van der Waals surface area contributed by atoms with Crippen LogP contribution in [0.4, 0.5) is 0 Å². The van der Waals surface area contributed by atoms with Gasteiger partial charge in [-0.1, -0.05) is 0 Å². The minimum atomic E-state index is -3.97. The topological polar surface area (TPSA) is 127 Å². The molecule has 11 heteroatoms. The van der Waals surface area contributed by atoms with Crippen LogP contribution in [0, 0.1) is 0 Å². The molecule has 0 radical (unpaired) electrons. The van der Waals surface area contributed by atoms with E-state index in [0.717, 1.165) is 0 Å². The van der Waals surface area contributed by atoms with Gasteiger partial charge in [0.15, 0.2) is 6.79 Å². The molecule has 0 aliphatic heterocycles. The molecular weight excluding hydrogens is 275 g/mol. The summed E-state index contributed by atoms with van der Waals surface area (Å²) >= 11 is 0. The number of hydrogen-bond donors (Lipinski definition) is 2. The van der Waals surface area contributed by atoms with Crippen LogP contribution in [0.1, 0.15) is 0 Å². The Labute approximate surface area is 116 Å². The zero-order valence-corrected chi connectivity index (χ0v) is 9.33. The molecule has 0 aliphatic carbocycles. The molecule has 16 heavy (non-hydrogen) atoms. The van der Waals surface area contributed by atoms with E-state index in [2.05, 4.69) is 8.37 Å². The van der Waals surface area contributed by atoms with E-state index in [-0.39, 0.29) is 29.6 Å². The Hall–Kier alpha value is 0.740. The molecule has 94 valence electrons. The van der Waals surface area contributed by atoms with Crippen LogP contribution in [0.25, 0.3) is 0 Å². The van der Waals surface area contributed by atoms with Crippen LogP contribution in [0.2, 0.25) is 0 Å². The van der Waals surface area contributed by atoms with Crippen molar-refractivity contribution in [1.82, 2.24) is 0 Å². The van der Waals surface area contributed by atoms with Gasteiger partial charge in [0.05, 0.1) is 24.7 Å². The molecule has 0 aliphatic rings. The third-order valence-corrected chi connectivity index (χ3v) is 3.41. The van der Waals surface area contributed by atoms with Gasteiger partial charge in [-0.05, 0) is 0 Å². The van der Waals surface area contributed by atoms with Crippen molar-refractivity contribution in [3.05, 3.63) is 0 Å². The quantitative estimate of drug-likeness (QED) is 0.274. The Morgan fingerprint density at radius 2 is 1.12 bits per heavy atom. The van der Waals surface area contributed by atoms with Crippen LogP contribution in [-0.4, -0.2) is 88.1 Å². The van der Waals surface area contributed by atoms with Gasteiger partial charge in [0.25, 0.3) is 20.2 Å². The van der Waals surface area contributed by atoms with E-state index in [1.165, 1.54) is 0 Å². The van der Waals surface area contributed by atoms with E-state index in [0.29, 0.717) is 0 Å². The van der Waals surface area contributed by atoms with Gasteiger partial charge < -0.3 is 10.2 Å². The van der Waals surface area contributed by atoms with Gasteiger partial charge in [-0.3, -0.25) is 0 Å². The Kier molecular flexibility index (Phi) is 10.5. The van der Waals surface area contributed by atoms with Crippen LogP contribution >= 0.6 is 0 Å². The standard InChI is InChI=1S/C5H12O8S2.Na.H/c6-1-3-14(8,9)12-5-13-15(10,11)4-2-7;;/h6-7H,1-5H2;;. The maximum absolute atomic E-state index is 10.8. The summed E-state index contributed by atoms with van der Waals surface area (Å²) in [6.07, 6.45) is 0. The van der Waals surface area contributed by atoms with Crippen molar-refractivity contribution in [3.63, 3.8) is 0 Å². The molecule has 0 heterocycles. The van der Waals surface area contributed by atoms with Crippen LogP contribution < -0.4 is 0 Å². The Bertz CT molecular complexity index is 324. The zero-order chi connectivity index (χ0) is 11.9. The van der Waals surface area contributed by atoms with E-state index in [1.807, 2.05) is 0 Å². The van der Waals surface area contributed by atoms with Crippen LogP contribution in [0.15, 0.2) is 0 Å². The first-order valence-corrected chi connectivity index (χ1v) is 6.94. The third kappa shape index (κ3) is 9.93. The van der Waals surface area contributed by atoms with Gasteiger partial charge in [0.2, 0.25) is 0 Å². The fraction of sp³-hybridized carbons (Fsp3) is 1.00. The zero-order valence-electron chi connectivity index (χ0n) is 7.70. The summed E-state index contributed by atoms with van der Waals surface area (Å²) in [4.78, 5) is 0. The van der Waals surface area contributed by atoms with Gasteiger partial charge in [-0.2, -0.15) is 16.8 Å². The normalized spacial score (nSPS) is 12.1. The molecule has 0 rings (SSSR count). The summed E-state index contributed by atoms with van der Waals surface area (Å²) in [6, 6.07) is 0. The summed E-state index contributed by atoms with van der Waals surface area (Å²) < 4.78 is 51.2. The number of aliphatic hydroxyl groups excluding tert-OH is 2. The first-order valence-electron chi connectivity index (χ1n) is 3.79.